The van der Waals surface area contributed by atoms with Crippen LogP contribution in [-0.4, -0.2) is 77.6 Å². The number of carbonyl (C=O) groups is 1. The van der Waals surface area contributed by atoms with Crippen molar-refractivity contribution in [2.24, 2.45) is 0 Å². The molecule has 130 valence electrons. The summed E-state index contributed by atoms with van der Waals surface area (Å²) in [7, 11) is 1.65. The zero-order valence-corrected chi connectivity index (χ0v) is 13.3. The number of carbonyl (C=O) groups excluding carboxylic acids is 1. The van der Waals surface area contributed by atoms with E-state index in [1.807, 2.05) is 0 Å². The van der Waals surface area contributed by atoms with Gasteiger partial charge in [0.2, 0.25) is 5.91 Å². The molecule has 10 heteroatoms. The molecule has 3 N–H and O–H groups in total. The SMILES string of the molecule is CC(=O)N(C)Cc1ncnc2c1ncn2[C@@H]1O[C@H](CO)[C@@H](O)[C@H]1O. The Balaban J connectivity index is 1.96. The minimum atomic E-state index is -1.22. The van der Waals surface area contributed by atoms with E-state index < -0.39 is 31.1 Å². The first-order chi connectivity index (χ1) is 11.4. The Hall–Kier alpha value is -2.14. The van der Waals surface area contributed by atoms with Crippen LogP contribution in [0.4, 0.5) is 0 Å². The zero-order chi connectivity index (χ0) is 17.4. The van der Waals surface area contributed by atoms with Crippen molar-refractivity contribution in [1.82, 2.24) is 24.4 Å². The van der Waals surface area contributed by atoms with Crippen LogP contribution < -0.4 is 0 Å². The fourth-order valence-corrected chi connectivity index (χ4v) is 2.65. The Morgan fingerprint density at radius 1 is 1.33 bits per heavy atom. The van der Waals surface area contributed by atoms with Crippen molar-refractivity contribution in [3.8, 4) is 0 Å². The molecule has 4 atom stereocenters. The monoisotopic (exact) mass is 337 g/mol. The molecule has 0 spiro atoms. The van der Waals surface area contributed by atoms with Gasteiger partial charge in [0.05, 0.1) is 25.2 Å². The number of aromatic nitrogens is 4. The van der Waals surface area contributed by atoms with Crippen LogP contribution in [-0.2, 0) is 16.1 Å². The van der Waals surface area contributed by atoms with Gasteiger partial charge in [-0.1, -0.05) is 0 Å². The second-order valence-electron chi connectivity index (χ2n) is 5.75. The molecule has 0 bridgehead atoms. The topological polar surface area (TPSA) is 134 Å². The van der Waals surface area contributed by atoms with E-state index >= 15 is 0 Å². The summed E-state index contributed by atoms with van der Waals surface area (Å²) < 4.78 is 6.98. The maximum Gasteiger partial charge on any atom is 0.219 e. The van der Waals surface area contributed by atoms with Gasteiger partial charge in [-0.05, 0) is 0 Å². The van der Waals surface area contributed by atoms with Crippen LogP contribution in [0.15, 0.2) is 12.7 Å². The lowest BCUT2D eigenvalue weighted by molar-refractivity contribution is -0.128. The Bertz CT molecular complexity index is 750. The molecule has 2 aromatic rings. The smallest absolute Gasteiger partial charge is 0.219 e. The lowest BCUT2D eigenvalue weighted by Crippen LogP contribution is -2.33. The van der Waals surface area contributed by atoms with Gasteiger partial charge in [-0.25, -0.2) is 15.0 Å². The van der Waals surface area contributed by atoms with Crippen LogP contribution in [0.25, 0.3) is 11.2 Å². The molecule has 0 unspecified atom stereocenters. The van der Waals surface area contributed by atoms with E-state index in [4.69, 9.17) is 4.74 Å². The van der Waals surface area contributed by atoms with E-state index in [2.05, 4.69) is 15.0 Å². The standard InChI is InChI=1S/C14H19N5O5/c1-7(21)18(2)3-8-10-13(16-5-15-8)19(6-17-10)14-12(23)11(22)9(4-20)24-14/h5-6,9,11-12,14,20,22-23H,3-4H2,1-2H3/t9-,11-,12-,14-/m1/s1. The summed E-state index contributed by atoms with van der Waals surface area (Å²) in [5.41, 5.74) is 1.44. The number of aliphatic hydroxyl groups is 3. The summed E-state index contributed by atoms with van der Waals surface area (Å²) in [6.07, 6.45) is -1.47. The first-order valence-corrected chi connectivity index (χ1v) is 7.44. The van der Waals surface area contributed by atoms with E-state index in [9.17, 15) is 20.1 Å². The summed E-state index contributed by atoms with van der Waals surface area (Å²) in [4.78, 5) is 25.5. The highest BCUT2D eigenvalue weighted by Gasteiger charge is 2.44. The second-order valence-corrected chi connectivity index (χ2v) is 5.75. The number of hydrogen-bond donors (Lipinski definition) is 3. The number of amides is 1. The quantitative estimate of drug-likeness (QED) is 0.608. The lowest BCUT2D eigenvalue weighted by atomic mass is 10.1. The Morgan fingerprint density at radius 3 is 2.71 bits per heavy atom. The van der Waals surface area contributed by atoms with Gasteiger partial charge in [-0.2, -0.15) is 0 Å². The van der Waals surface area contributed by atoms with E-state index in [0.717, 1.165) is 0 Å². The molecule has 3 rings (SSSR count). The molecule has 1 aliphatic heterocycles. The normalized spacial score (nSPS) is 26.9. The summed E-state index contributed by atoms with van der Waals surface area (Å²) in [5, 5.41) is 29.2. The van der Waals surface area contributed by atoms with Crippen molar-refractivity contribution in [3.05, 3.63) is 18.3 Å². The van der Waals surface area contributed by atoms with Gasteiger partial charge in [0.1, 0.15) is 30.2 Å². The number of aliphatic hydroxyl groups excluding tert-OH is 3. The van der Waals surface area contributed by atoms with Crippen molar-refractivity contribution in [2.75, 3.05) is 13.7 Å². The molecule has 3 heterocycles. The highest BCUT2D eigenvalue weighted by atomic mass is 16.6. The van der Waals surface area contributed by atoms with Gasteiger partial charge in [0.15, 0.2) is 11.9 Å². The number of rotatable bonds is 4. The van der Waals surface area contributed by atoms with Crippen molar-refractivity contribution < 1.29 is 24.9 Å². The molecule has 1 amide bonds. The molecule has 10 nitrogen and oxygen atoms in total. The van der Waals surface area contributed by atoms with Crippen LogP contribution in [0.3, 0.4) is 0 Å². The van der Waals surface area contributed by atoms with Gasteiger partial charge in [-0.3, -0.25) is 9.36 Å². The van der Waals surface area contributed by atoms with Gasteiger partial charge < -0.3 is 25.0 Å². The third kappa shape index (κ3) is 2.73. The maximum atomic E-state index is 11.4. The van der Waals surface area contributed by atoms with Gasteiger partial charge >= 0.3 is 0 Å². The minimum Gasteiger partial charge on any atom is -0.394 e. The van der Waals surface area contributed by atoms with Crippen molar-refractivity contribution >= 4 is 17.1 Å². The number of hydrogen-bond acceptors (Lipinski definition) is 8. The highest BCUT2D eigenvalue weighted by molar-refractivity contribution is 5.76. The van der Waals surface area contributed by atoms with Gasteiger partial charge in [0, 0.05) is 14.0 Å². The maximum absolute atomic E-state index is 11.4. The average Bonchev–Trinajstić information content (AvgIpc) is 3.10. The molecule has 1 fully saturated rings. The Kier molecular flexibility index (Phi) is 4.45. The van der Waals surface area contributed by atoms with E-state index in [0.29, 0.717) is 16.9 Å². The van der Waals surface area contributed by atoms with Crippen molar-refractivity contribution in [2.45, 2.75) is 38.0 Å². The third-order valence-corrected chi connectivity index (χ3v) is 4.15. The predicted octanol–water partition coefficient (Wildman–Crippen LogP) is -1.58. The van der Waals surface area contributed by atoms with Crippen LogP contribution in [0.5, 0.6) is 0 Å². The Labute approximate surface area is 137 Å². The number of fused-ring (bicyclic) bond motifs is 1. The largest absolute Gasteiger partial charge is 0.394 e. The lowest BCUT2D eigenvalue weighted by Gasteiger charge is -2.17. The minimum absolute atomic E-state index is 0.107. The van der Waals surface area contributed by atoms with Gasteiger partial charge in [-0.15, -0.1) is 0 Å². The fourth-order valence-electron chi connectivity index (χ4n) is 2.65. The molecule has 24 heavy (non-hydrogen) atoms. The van der Waals surface area contributed by atoms with Crippen molar-refractivity contribution in [3.63, 3.8) is 0 Å². The predicted molar refractivity (Wildman–Crippen MR) is 80.5 cm³/mol. The molecular formula is C14H19N5O5. The summed E-state index contributed by atoms with van der Waals surface area (Å²) in [5.74, 6) is -0.107. The van der Waals surface area contributed by atoms with E-state index in [-0.39, 0.29) is 12.5 Å². The van der Waals surface area contributed by atoms with Crippen LogP contribution in [0.2, 0.25) is 0 Å². The summed E-state index contributed by atoms with van der Waals surface area (Å²) in [6.45, 7) is 1.31. The number of ether oxygens (including phenoxy) is 1. The molecule has 1 saturated heterocycles. The molecule has 2 aromatic heterocycles. The van der Waals surface area contributed by atoms with Crippen LogP contribution in [0, 0.1) is 0 Å². The van der Waals surface area contributed by atoms with Crippen LogP contribution in [0.1, 0.15) is 18.8 Å². The van der Waals surface area contributed by atoms with Gasteiger partial charge in [0.25, 0.3) is 0 Å². The summed E-state index contributed by atoms with van der Waals surface area (Å²) in [6, 6.07) is 0. The zero-order valence-electron chi connectivity index (χ0n) is 13.3. The molecule has 0 radical (unpaired) electrons. The third-order valence-electron chi connectivity index (χ3n) is 4.15. The first kappa shape index (κ1) is 16.7. The number of imidazole rings is 1. The molecule has 0 aromatic carbocycles. The van der Waals surface area contributed by atoms with E-state index in [1.165, 1.54) is 29.0 Å². The fraction of sp³-hybridized carbons (Fsp3) is 0.571. The summed E-state index contributed by atoms with van der Waals surface area (Å²) >= 11 is 0. The molecule has 1 aliphatic rings. The highest BCUT2D eigenvalue weighted by Crippen LogP contribution is 2.31. The molecule has 0 saturated carbocycles. The second kappa shape index (κ2) is 6.40. The average molecular weight is 337 g/mol. The van der Waals surface area contributed by atoms with E-state index in [1.54, 1.807) is 7.05 Å². The molecular weight excluding hydrogens is 318 g/mol. The Morgan fingerprint density at radius 2 is 2.08 bits per heavy atom. The first-order valence-electron chi connectivity index (χ1n) is 7.44. The van der Waals surface area contributed by atoms with Crippen molar-refractivity contribution in [1.29, 1.82) is 0 Å². The number of nitrogens with zero attached hydrogens (tertiary/aromatic N) is 5. The molecule has 0 aliphatic carbocycles. The van der Waals surface area contributed by atoms with Crippen LogP contribution >= 0.6 is 0 Å².